The lowest BCUT2D eigenvalue weighted by Crippen LogP contribution is -2.41. The quantitative estimate of drug-likeness (QED) is 0.780. The van der Waals surface area contributed by atoms with Gasteiger partial charge in [-0.15, -0.1) is 0 Å². The largest absolute Gasteiger partial charge is 0.504 e. The van der Waals surface area contributed by atoms with Gasteiger partial charge in [0.05, 0.1) is 5.54 Å². The predicted molar refractivity (Wildman–Crippen MR) is 88.1 cm³/mol. The van der Waals surface area contributed by atoms with Crippen molar-refractivity contribution in [3.8, 4) is 5.75 Å². The first-order valence-electron chi connectivity index (χ1n) is 7.30. The monoisotopic (exact) mass is 307 g/mol. The number of amides is 1. The molecule has 116 valence electrons. The van der Waals surface area contributed by atoms with E-state index in [2.05, 4.69) is 15.3 Å². The van der Waals surface area contributed by atoms with Gasteiger partial charge in [0.1, 0.15) is 5.52 Å². The summed E-state index contributed by atoms with van der Waals surface area (Å²) in [5.74, 6) is -0.645. The molecule has 2 aromatic heterocycles. The smallest absolute Gasteiger partial charge is 0.274 e. The number of rotatable bonds is 3. The molecule has 0 fully saturated rings. The van der Waals surface area contributed by atoms with Crippen LogP contribution in [0.4, 0.5) is 0 Å². The molecule has 0 spiro atoms. The summed E-state index contributed by atoms with van der Waals surface area (Å²) in [6, 6.07) is 13.2. The molecule has 3 rings (SSSR count). The first-order chi connectivity index (χ1) is 11.0. The maximum atomic E-state index is 12.5. The molecule has 0 saturated heterocycles. The van der Waals surface area contributed by atoms with Gasteiger partial charge in [0, 0.05) is 17.8 Å². The minimum atomic E-state index is -0.592. The fourth-order valence-electron chi connectivity index (χ4n) is 2.46. The molecule has 3 aromatic rings. The molecular formula is C18H17N3O2. The number of pyridine rings is 2. The minimum absolute atomic E-state index is 0.0276. The molecule has 0 radical (unpaired) electrons. The normalized spacial score (nSPS) is 11.4. The Balaban J connectivity index is 1.93. The zero-order chi connectivity index (χ0) is 16.4. The van der Waals surface area contributed by atoms with Crippen molar-refractivity contribution in [1.29, 1.82) is 0 Å². The van der Waals surface area contributed by atoms with Crippen molar-refractivity contribution in [3.63, 3.8) is 0 Å². The molecule has 0 saturated carbocycles. The lowest BCUT2D eigenvalue weighted by atomic mass is 9.94. The Morgan fingerprint density at radius 2 is 1.83 bits per heavy atom. The van der Waals surface area contributed by atoms with Crippen LogP contribution in [0.25, 0.3) is 10.9 Å². The summed E-state index contributed by atoms with van der Waals surface area (Å²) < 4.78 is 0. The average Bonchev–Trinajstić information content (AvgIpc) is 2.56. The molecule has 0 aliphatic rings. The molecule has 1 aromatic carbocycles. The summed E-state index contributed by atoms with van der Waals surface area (Å²) in [5, 5.41) is 13.9. The van der Waals surface area contributed by atoms with Crippen molar-refractivity contribution in [2.24, 2.45) is 0 Å². The summed E-state index contributed by atoms with van der Waals surface area (Å²) in [5.41, 5.74) is 0.711. The van der Waals surface area contributed by atoms with Crippen LogP contribution in [0, 0.1) is 0 Å². The molecule has 2 heterocycles. The van der Waals surface area contributed by atoms with E-state index in [1.165, 1.54) is 6.20 Å². The van der Waals surface area contributed by atoms with E-state index in [1.54, 1.807) is 18.3 Å². The van der Waals surface area contributed by atoms with Crippen LogP contribution in [-0.2, 0) is 5.54 Å². The fourth-order valence-corrected chi connectivity index (χ4v) is 2.46. The Bertz CT molecular complexity index is 861. The second-order valence-electron chi connectivity index (χ2n) is 5.84. The van der Waals surface area contributed by atoms with Crippen LogP contribution in [0.2, 0.25) is 0 Å². The Morgan fingerprint density at radius 1 is 1.09 bits per heavy atom. The maximum Gasteiger partial charge on any atom is 0.274 e. The first kappa shape index (κ1) is 15.0. The summed E-state index contributed by atoms with van der Waals surface area (Å²) in [4.78, 5) is 20.7. The maximum absolute atomic E-state index is 12.5. The predicted octanol–water partition coefficient (Wildman–Crippen LogP) is 3.00. The van der Waals surface area contributed by atoms with Gasteiger partial charge in [-0.3, -0.25) is 9.78 Å². The van der Waals surface area contributed by atoms with E-state index < -0.39 is 11.4 Å². The van der Waals surface area contributed by atoms with Gasteiger partial charge in [-0.05, 0) is 31.5 Å². The van der Waals surface area contributed by atoms with Gasteiger partial charge in [0.25, 0.3) is 5.91 Å². The Kier molecular flexibility index (Phi) is 3.70. The third-order valence-corrected chi connectivity index (χ3v) is 3.76. The van der Waals surface area contributed by atoms with Crippen LogP contribution in [-0.4, -0.2) is 21.0 Å². The van der Waals surface area contributed by atoms with Crippen LogP contribution in [0.1, 0.15) is 29.9 Å². The van der Waals surface area contributed by atoms with E-state index in [1.807, 2.05) is 44.2 Å². The van der Waals surface area contributed by atoms with E-state index >= 15 is 0 Å². The topological polar surface area (TPSA) is 75.1 Å². The molecule has 1 amide bonds. The third kappa shape index (κ3) is 2.85. The Morgan fingerprint density at radius 3 is 2.57 bits per heavy atom. The number of benzene rings is 1. The lowest BCUT2D eigenvalue weighted by Gasteiger charge is -2.26. The summed E-state index contributed by atoms with van der Waals surface area (Å²) >= 11 is 0. The first-order valence-corrected chi connectivity index (χ1v) is 7.30. The summed E-state index contributed by atoms with van der Waals surface area (Å²) in [6.07, 6.45) is 3.10. The molecule has 0 aliphatic heterocycles. The van der Waals surface area contributed by atoms with Crippen LogP contribution in [0.15, 0.2) is 54.9 Å². The number of fused-ring (bicyclic) bond motifs is 1. The van der Waals surface area contributed by atoms with Crippen molar-refractivity contribution in [3.05, 3.63) is 66.1 Å². The van der Waals surface area contributed by atoms with Crippen LogP contribution < -0.4 is 5.32 Å². The van der Waals surface area contributed by atoms with Gasteiger partial charge in [0.15, 0.2) is 11.4 Å². The van der Waals surface area contributed by atoms with E-state index in [0.29, 0.717) is 10.9 Å². The van der Waals surface area contributed by atoms with Crippen molar-refractivity contribution in [2.75, 3.05) is 0 Å². The van der Waals surface area contributed by atoms with Crippen molar-refractivity contribution in [1.82, 2.24) is 15.3 Å². The molecule has 2 N–H and O–H groups in total. The average molecular weight is 307 g/mol. The Labute approximate surface area is 134 Å². The van der Waals surface area contributed by atoms with Crippen LogP contribution >= 0.6 is 0 Å². The highest BCUT2D eigenvalue weighted by Gasteiger charge is 2.26. The van der Waals surface area contributed by atoms with Crippen molar-refractivity contribution < 1.29 is 9.90 Å². The SMILES string of the molecule is CC(C)(NC(=O)c1ncc2cccnc2c1O)c1ccccc1. The Hall–Kier alpha value is -2.95. The van der Waals surface area contributed by atoms with E-state index in [9.17, 15) is 9.90 Å². The number of aromatic hydroxyl groups is 1. The van der Waals surface area contributed by atoms with Crippen LogP contribution in [0.3, 0.4) is 0 Å². The van der Waals surface area contributed by atoms with Crippen LogP contribution in [0.5, 0.6) is 5.75 Å². The van der Waals surface area contributed by atoms with Crippen molar-refractivity contribution >= 4 is 16.8 Å². The minimum Gasteiger partial charge on any atom is -0.504 e. The second-order valence-corrected chi connectivity index (χ2v) is 5.84. The molecule has 5 nitrogen and oxygen atoms in total. The molecule has 0 atom stereocenters. The zero-order valence-electron chi connectivity index (χ0n) is 12.9. The molecule has 5 heteroatoms. The number of nitrogens with zero attached hydrogens (tertiary/aromatic N) is 2. The van der Waals surface area contributed by atoms with E-state index in [0.717, 1.165) is 5.56 Å². The number of hydrogen-bond donors (Lipinski definition) is 2. The number of hydrogen-bond acceptors (Lipinski definition) is 4. The van der Waals surface area contributed by atoms with Gasteiger partial charge in [-0.1, -0.05) is 30.3 Å². The van der Waals surface area contributed by atoms with Gasteiger partial charge >= 0.3 is 0 Å². The van der Waals surface area contributed by atoms with E-state index in [-0.39, 0.29) is 11.4 Å². The number of nitrogens with one attached hydrogen (secondary N) is 1. The van der Waals surface area contributed by atoms with E-state index in [4.69, 9.17) is 0 Å². The van der Waals surface area contributed by atoms with Gasteiger partial charge in [-0.25, -0.2) is 4.98 Å². The number of aromatic nitrogens is 2. The highest BCUT2D eigenvalue weighted by molar-refractivity contribution is 6.00. The molecule has 23 heavy (non-hydrogen) atoms. The highest BCUT2D eigenvalue weighted by atomic mass is 16.3. The fraction of sp³-hybridized carbons (Fsp3) is 0.167. The summed E-state index contributed by atoms with van der Waals surface area (Å²) in [6.45, 7) is 3.80. The molecule has 0 aliphatic carbocycles. The van der Waals surface area contributed by atoms with Gasteiger partial charge in [0.2, 0.25) is 0 Å². The number of carbonyl (C=O) groups is 1. The van der Waals surface area contributed by atoms with Crippen molar-refractivity contribution in [2.45, 2.75) is 19.4 Å². The lowest BCUT2D eigenvalue weighted by molar-refractivity contribution is 0.0904. The number of carbonyl (C=O) groups excluding carboxylic acids is 1. The van der Waals surface area contributed by atoms with Gasteiger partial charge < -0.3 is 10.4 Å². The second kappa shape index (κ2) is 5.68. The molecular weight excluding hydrogens is 290 g/mol. The molecule has 0 unspecified atom stereocenters. The third-order valence-electron chi connectivity index (χ3n) is 3.76. The standard InChI is InChI=1S/C18H17N3O2/c1-18(2,13-8-4-3-5-9-13)21-17(23)15-16(22)14-12(11-20-15)7-6-10-19-14/h3-11,22H,1-2H3,(H,21,23). The zero-order valence-corrected chi connectivity index (χ0v) is 12.9. The highest BCUT2D eigenvalue weighted by Crippen LogP contribution is 2.26. The van der Waals surface area contributed by atoms with Gasteiger partial charge in [-0.2, -0.15) is 0 Å². The molecule has 0 bridgehead atoms. The summed E-state index contributed by atoms with van der Waals surface area (Å²) in [7, 11) is 0.